The molecule has 0 radical (unpaired) electrons. The first-order chi connectivity index (χ1) is 7.41. The molecule has 94 valence electrons. The summed E-state index contributed by atoms with van der Waals surface area (Å²) in [6.07, 6.45) is 1.13. The first kappa shape index (κ1) is 13.5. The van der Waals surface area contributed by atoms with Crippen molar-refractivity contribution in [2.24, 2.45) is 5.73 Å². The average Bonchev–Trinajstić information content (AvgIpc) is 2.19. The Labute approximate surface area is 97.4 Å². The van der Waals surface area contributed by atoms with Crippen LogP contribution in [0.3, 0.4) is 0 Å². The SMILES string of the molecule is C=C(N)CN1CCC(F)(COC(C)C)CC1. The predicted octanol–water partition coefficient (Wildman–Crippen LogP) is 1.69. The van der Waals surface area contributed by atoms with Crippen molar-refractivity contribution in [3.05, 3.63) is 12.3 Å². The van der Waals surface area contributed by atoms with Gasteiger partial charge < -0.3 is 10.5 Å². The number of nitrogens with two attached hydrogens (primary N) is 1. The Bertz CT molecular complexity index is 235. The van der Waals surface area contributed by atoms with Gasteiger partial charge in [0, 0.05) is 25.3 Å². The summed E-state index contributed by atoms with van der Waals surface area (Å²) in [5.74, 6) is 0. The van der Waals surface area contributed by atoms with E-state index in [0.29, 0.717) is 25.1 Å². The minimum atomic E-state index is -1.16. The van der Waals surface area contributed by atoms with E-state index in [-0.39, 0.29) is 12.7 Å². The summed E-state index contributed by atoms with van der Waals surface area (Å²) in [6.45, 7) is 9.86. The van der Waals surface area contributed by atoms with Gasteiger partial charge in [-0.25, -0.2) is 4.39 Å². The van der Waals surface area contributed by atoms with Crippen molar-refractivity contribution in [1.82, 2.24) is 4.90 Å². The first-order valence-corrected chi connectivity index (χ1v) is 5.87. The fourth-order valence-electron chi connectivity index (χ4n) is 1.86. The molecule has 1 fully saturated rings. The fraction of sp³-hybridized carbons (Fsp3) is 0.833. The fourth-order valence-corrected chi connectivity index (χ4v) is 1.86. The molecule has 1 rings (SSSR count). The highest BCUT2D eigenvalue weighted by Gasteiger charge is 2.34. The lowest BCUT2D eigenvalue weighted by Crippen LogP contribution is -2.45. The minimum absolute atomic E-state index is 0.0921. The zero-order valence-electron chi connectivity index (χ0n) is 10.3. The topological polar surface area (TPSA) is 38.5 Å². The van der Waals surface area contributed by atoms with Crippen LogP contribution in [0.1, 0.15) is 26.7 Å². The summed E-state index contributed by atoms with van der Waals surface area (Å²) < 4.78 is 19.6. The Balaban J connectivity index is 2.32. The average molecular weight is 230 g/mol. The van der Waals surface area contributed by atoms with Gasteiger partial charge in [0.1, 0.15) is 5.67 Å². The molecule has 3 nitrogen and oxygen atoms in total. The van der Waals surface area contributed by atoms with E-state index in [2.05, 4.69) is 11.5 Å². The number of rotatable bonds is 5. The molecule has 4 heteroatoms. The van der Waals surface area contributed by atoms with E-state index in [1.807, 2.05) is 13.8 Å². The summed E-state index contributed by atoms with van der Waals surface area (Å²) in [5, 5.41) is 0. The zero-order chi connectivity index (χ0) is 12.2. The Morgan fingerprint density at radius 1 is 1.50 bits per heavy atom. The predicted molar refractivity (Wildman–Crippen MR) is 63.9 cm³/mol. The summed E-state index contributed by atoms with van der Waals surface area (Å²) in [5.41, 5.74) is 5.02. The van der Waals surface area contributed by atoms with Crippen molar-refractivity contribution in [1.29, 1.82) is 0 Å². The molecule has 16 heavy (non-hydrogen) atoms. The van der Waals surface area contributed by atoms with Crippen molar-refractivity contribution in [2.45, 2.75) is 38.5 Å². The lowest BCUT2D eigenvalue weighted by Gasteiger charge is -2.36. The van der Waals surface area contributed by atoms with Gasteiger partial charge in [0.2, 0.25) is 0 Å². The second-order valence-corrected chi connectivity index (χ2v) is 4.95. The highest BCUT2D eigenvalue weighted by molar-refractivity contribution is 4.94. The van der Waals surface area contributed by atoms with Crippen molar-refractivity contribution in [3.8, 4) is 0 Å². The molecule has 0 spiro atoms. The summed E-state index contributed by atoms with van der Waals surface area (Å²) in [4.78, 5) is 2.13. The van der Waals surface area contributed by atoms with Gasteiger partial charge in [-0.15, -0.1) is 0 Å². The Morgan fingerprint density at radius 3 is 2.50 bits per heavy atom. The van der Waals surface area contributed by atoms with Crippen LogP contribution in [0.2, 0.25) is 0 Å². The largest absolute Gasteiger partial charge is 0.401 e. The van der Waals surface area contributed by atoms with E-state index < -0.39 is 5.67 Å². The number of likely N-dealkylation sites (tertiary alicyclic amines) is 1. The summed E-state index contributed by atoms with van der Waals surface area (Å²) in [6, 6.07) is 0. The van der Waals surface area contributed by atoms with Gasteiger partial charge in [0.25, 0.3) is 0 Å². The van der Waals surface area contributed by atoms with Crippen molar-refractivity contribution >= 4 is 0 Å². The number of piperidine rings is 1. The van der Waals surface area contributed by atoms with E-state index in [1.165, 1.54) is 0 Å². The van der Waals surface area contributed by atoms with Gasteiger partial charge in [0.05, 0.1) is 12.7 Å². The van der Waals surface area contributed by atoms with Crippen LogP contribution < -0.4 is 5.73 Å². The van der Waals surface area contributed by atoms with Crippen LogP contribution in [0.5, 0.6) is 0 Å². The monoisotopic (exact) mass is 230 g/mol. The molecule has 0 aromatic carbocycles. The van der Waals surface area contributed by atoms with Crippen LogP contribution in [0.25, 0.3) is 0 Å². The Hall–Kier alpha value is -0.610. The maximum absolute atomic E-state index is 14.2. The van der Waals surface area contributed by atoms with Gasteiger partial charge in [-0.2, -0.15) is 0 Å². The molecule has 0 aromatic heterocycles. The van der Waals surface area contributed by atoms with Crippen molar-refractivity contribution < 1.29 is 9.13 Å². The third-order valence-corrected chi connectivity index (χ3v) is 2.85. The third kappa shape index (κ3) is 4.49. The minimum Gasteiger partial charge on any atom is -0.401 e. The highest BCUT2D eigenvalue weighted by atomic mass is 19.1. The highest BCUT2D eigenvalue weighted by Crippen LogP contribution is 2.27. The molecule has 1 heterocycles. The third-order valence-electron chi connectivity index (χ3n) is 2.85. The first-order valence-electron chi connectivity index (χ1n) is 5.87. The molecule has 1 saturated heterocycles. The van der Waals surface area contributed by atoms with E-state index >= 15 is 0 Å². The van der Waals surface area contributed by atoms with Gasteiger partial charge in [-0.3, -0.25) is 4.90 Å². The van der Waals surface area contributed by atoms with Crippen molar-refractivity contribution in [2.75, 3.05) is 26.2 Å². The molecular formula is C12H23FN2O. The van der Waals surface area contributed by atoms with Crippen LogP contribution in [0.15, 0.2) is 12.3 Å². The summed E-state index contributed by atoms with van der Waals surface area (Å²) in [7, 11) is 0. The van der Waals surface area contributed by atoms with Crippen LogP contribution >= 0.6 is 0 Å². The van der Waals surface area contributed by atoms with Crippen LogP contribution in [0, 0.1) is 0 Å². The number of alkyl halides is 1. The second kappa shape index (κ2) is 5.64. The van der Waals surface area contributed by atoms with Crippen molar-refractivity contribution in [3.63, 3.8) is 0 Å². The van der Waals surface area contributed by atoms with Gasteiger partial charge in [-0.1, -0.05) is 6.58 Å². The molecule has 1 aliphatic rings. The molecule has 1 aliphatic heterocycles. The molecule has 0 saturated carbocycles. The molecule has 0 aliphatic carbocycles. The normalized spacial score (nSPS) is 21.2. The van der Waals surface area contributed by atoms with E-state index in [9.17, 15) is 4.39 Å². The van der Waals surface area contributed by atoms with Crippen LogP contribution in [0.4, 0.5) is 4.39 Å². The Morgan fingerprint density at radius 2 is 2.06 bits per heavy atom. The molecule has 0 atom stereocenters. The molecule has 0 aromatic rings. The van der Waals surface area contributed by atoms with Gasteiger partial charge >= 0.3 is 0 Å². The number of ether oxygens (including phenoxy) is 1. The molecule has 0 amide bonds. The lowest BCUT2D eigenvalue weighted by molar-refractivity contribution is -0.0438. The second-order valence-electron chi connectivity index (χ2n) is 4.95. The standard InChI is InChI=1S/C12H23FN2O/c1-10(2)16-9-12(13)4-6-15(7-5-12)8-11(3)14/h10H,3-9,14H2,1-2H3. The van der Waals surface area contributed by atoms with Gasteiger partial charge in [-0.05, 0) is 26.7 Å². The maximum Gasteiger partial charge on any atom is 0.136 e. The number of hydrogen-bond acceptors (Lipinski definition) is 3. The van der Waals surface area contributed by atoms with E-state index in [0.717, 1.165) is 13.1 Å². The molecule has 0 bridgehead atoms. The van der Waals surface area contributed by atoms with E-state index in [4.69, 9.17) is 10.5 Å². The quantitative estimate of drug-likeness (QED) is 0.781. The van der Waals surface area contributed by atoms with E-state index in [1.54, 1.807) is 0 Å². The number of halogens is 1. The zero-order valence-corrected chi connectivity index (χ0v) is 10.3. The molecular weight excluding hydrogens is 207 g/mol. The van der Waals surface area contributed by atoms with Crippen LogP contribution in [-0.4, -0.2) is 42.9 Å². The molecule has 2 N–H and O–H groups in total. The summed E-state index contributed by atoms with van der Waals surface area (Å²) >= 11 is 0. The number of hydrogen-bond donors (Lipinski definition) is 1. The smallest absolute Gasteiger partial charge is 0.136 e. The molecule has 0 unspecified atom stereocenters. The van der Waals surface area contributed by atoms with Gasteiger partial charge in [0.15, 0.2) is 0 Å². The Kier molecular flexibility index (Phi) is 4.74. The maximum atomic E-state index is 14.2. The van der Waals surface area contributed by atoms with Crippen LogP contribution in [-0.2, 0) is 4.74 Å². The lowest BCUT2D eigenvalue weighted by atomic mass is 9.94. The number of nitrogens with zero attached hydrogens (tertiary/aromatic N) is 1.